The van der Waals surface area contributed by atoms with Crippen molar-refractivity contribution in [3.05, 3.63) is 12.4 Å². The van der Waals surface area contributed by atoms with Crippen molar-refractivity contribution in [3.63, 3.8) is 0 Å². The van der Waals surface area contributed by atoms with Gasteiger partial charge in [-0.1, -0.05) is 0 Å². The summed E-state index contributed by atoms with van der Waals surface area (Å²) in [6, 6.07) is -0.0924. The predicted octanol–water partition coefficient (Wildman–Crippen LogP) is 1.59. The molecule has 0 atom stereocenters. The lowest BCUT2D eigenvalue weighted by Gasteiger charge is -2.23. The first-order valence-electron chi connectivity index (χ1n) is 4.86. The lowest BCUT2D eigenvalue weighted by Crippen LogP contribution is -2.37. The maximum atomic E-state index is 12.3. The van der Waals surface area contributed by atoms with Gasteiger partial charge in [0.1, 0.15) is 6.54 Å². The lowest BCUT2D eigenvalue weighted by molar-refractivity contribution is -0.120. The van der Waals surface area contributed by atoms with Crippen LogP contribution in [0.3, 0.4) is 0 Å². The fraction of sp³-hybridized carbons (Fsp3) is 0.556. The summed E-state index contributed by atoms with van der Waals surface area (Å²) in [6.45, 7) is -1.01. The topological polar surface area (TPSA) is 55.0 Å². The molecule has 1 aromatic heterocycles. The van der Waals surface area contributed by atoms with E-state index >= 15 is 0 Å². The average molecular weight is 232 g/mol. The van der Waals surface area contributed by atoms with Gasteiger partial charge in [0, 0.05) is 6.04 Å². The van der Waals surface area contributed by atoms with Crippen LogP contribution in [0.5, 0.6) is 0 Å². The molecule has 88 valence electrons. The van der Waals surface area contributed by atoms with E-state index in [-0.39, 0.29) is 12.0 Å². The van der Waals surface area contributed by atoms with E-state index in [0.29, 0.717) is 5.69 Å². The molecular weight excluding hydrogens is 221 g/mol. The van der Waals surface area contributed by atoms with Crippen LogP contribution < -0.4 is 10.6 Å². The molecule has 4 nitrogen and oxygen atoms in total. The van der Waals surface area contributed by atoms with E-state index in [9.17, 15) is 13.2 Å². The number of rotatable bonds is 3. The van der Waals surface area contributed by atoms with Crippen LogP contribution in [-0.2, 0) is 0 Å². The molecule has 2 N–H and O–H groups in total. The molecule has 7 heteroatoms. The van der Waals surface area contributed by atoms with Crippen LogP contribution in [0, 0.1) is 0 Å². The Morgan fingerprint density at radius 3 is 2.31 bits per heavy atom. The highest BCUT2D eigenvalue weighted by atomic mass is 19.4. The minimum Gasteiger partial charge on any atom is -0.396 e. The van der Waals surface area contributed by atoms with Gasteiger partial charge in [-0.15, -0.1) is 0 Å². The first-order valence-corrected chi connectivity index (χ1v) is 4.86. The SMILES string of the molecule is Nc1cnc(N(CC(F)(F)F)C2CC2)nc1. The van der Waals surface area contributed by atoms with Gasteiger partial charge in [0.05, 0.1) is 18.1 Å². The monoisotopic (exact) mass is 232 g/mol. The smallest absolute Gasteiger partial charge is 0.396 e. The summed E-state index contributed by atoms with van der Waals surface area (Å²) in [7, 11) is 0. The first kappa shape index (κ1) is 11.0. The van der Waals surface area contributed by atoms with Crippen LogP contribution in [0.2, 0.25) is 0 Å². The summed E-state index contributed by atoms with van der Waals surface area (Å²) in [5.74, 6) is 0.0917. The number of anilines is 2. The lowest BCUT2D eigenvalue weighted by atomic mass is 10.4. The van der Waals surface area contributed by atoms with Crippen LogP contribution in [0.25, 0.3) is 0 Å². The Hall–Kier alpha value is -1.53. The fourth-order valence-corrected chi connectivity index (χ4v) is 1.42. The maximum absolute atomic E-state index is 12.3. The quantitative estimate of drug-likeness (QED) is 0.859. The van der Waals surface area contributed by atoms with Gasteiger partial charge in [0.15, 0.2) is 0 Å². The van der Waals surface area contributed by atoms with Crippen molar-refractivity contribution in [3.8, 4) is 0 Å². The van der Waals surface area contributed by atoms with E-state index in [1.165, 1.54) is 17.3 Å². The van der Waals surface area contributed by atoms with Crippen molar-refractivity contribution >= 4 is 11.6 Å². The van der Waals surface area contributed by atoms with Gasteiger partial charge >= 0.3 is 6.18 Å². The fourth-order valence-electron chi connectivity index (χ4n) is 1.42. The Balaban J connectivity index is 2.16. The van der Waals surface area contributed by atoms with E-state index < -0.39 is 12.7 Å². The van der Waals surface area contributed by atoms with Gasteiger partial charge in [-0.05, 0) is 12.8 Å². The molecule has 2 rings (SSSR count). The van der Waals surface area contributed by atoms with E-state index in [4.69, 9.17) is 5.73 Å². The highest BCUT2D eigenvalue weighted by Crippen LogP contribution is 2.32. The van der Waals surface area contributed by atoms with Crippen molar-refractivity contribution < 1.29 is 13.2 Å². The van der Waals surface area contributed by atoms with Crippen molar-refractivity contribution in [2.24, 2.45) is 0 Å². The highest BCUT2D eigenvalue weighted by molar-refractivity contribution is 5.40. The summed E-state index contributed by atoms with van der Waals surface area (Å²) in [5.41, 5.74) is 5.72. The van der Waals surface area contributed by atoms with Crippen LogP contribution in [0.1, 0.15) is 12.8 Å². The number of aromatic nitrogens is 2. The van der Waals surface area contributed by atoms with Gasteiger partial charge in [-0.25, -0.2) is 9.97 Å². The largest absolute Gasteiger partial charge is 0.406 e. The summed E-state index contributed by atoms with van der Waals surface area (Å²) < 4.78 is 37.0. The molecule has 0 amide bonds. The number of alkyl halides is 3. The minimum atomic E-state index is -4.24. The van der Waals surface area contributed by atoms with Gasteiger partial charge in [0.25, 0.3) is 0 Å². The third-order valence-electron chi connectivity index (χ3n) is 2.25. The summed E-state index contributed by atoms with van der Waals surface area (Å²) >= 11 is 0. The Bertz CT molecular complexity index is 358. The molecule has 0 saturated heterocycles. The molecule has 1 saturated carbocycles. The zero-order chi connectivity index (χ0) is 11.8. The van der Waals surface area contributed by atoms with Gasteiger partial charge in [-0.3, -0.25) is 0 Å². The van der Waals surface area contributed by atoms with Crippen LogP contribution in [-0.4, -0.2) is 28.7 Å². The standard InChI is InChI=1S/C9H11F3N4/c10-9(11,12)5-16(7-1-2-7)8-14-3-6(13)4-15-8/h3-4,7H,1-2,5,13H2. The molecule has 0 spiro atoms. The van der Waals surface area contributed by atoms with Gasteiger partial charge in [-0.2, -0.15) is 13.2 Å². The summed E-state index contributed by atoms with van der Waals surface area (Å²) in [4.78, 5) is 8.81. The second-order valence-corrected chi connectivity index (χ2v) is 3.79. The summed E-state index contributed by atoms with van der Waals surface area (Å²) in [6.07, 6.45) is -0.108. The van der Waals surface area contributed by atoms with Crippen molar-refractivity contribution in [2.45, 2.75) is 25.1 Å². The molecular formula is C9H11F3N4. The highest BCUT2D eigenvalue weighted by Gasteiger charge is 2.39. The molecule has 0 bridgehead atoms. The van der Waals surface area contributed by atoms with E-state index in [2.05, 4.69) is 9.97 Å². The maximum Gasteiger partial charge on any atom is 0.406 e. The van der Waals surface area contributed by atoms with Crippen LogP contribution in [0.15, 0.2) is 12.4 Å². The number of nitrogens with zero attached hydrogens (tertiary/aromatic N) is 3. The zero-order valence-electron chi connectivity index (χ0n) is 8.41. The molecule has 1 heterocycles. The molecule has 1 aliphatic rings. The van der Waals surface area contributed by atoms with Crippen LogP contribution >= 0.6 is 0 Å². The third kappa shape index (κ3) is 2.74. The molecule has 1 aromatic rings. The molecule has 0 unspecified atom stereocenters. The van der Waals surface area contributed by atoms with Crippen molar-refractivity contribution in [1.82, 2.24) is 9.97 Å². The third-order valence-corrected chi connectivity index (χ3v) is 2.25. The van der Waals surface area contributed by atoms with E-state index in [1.54, 1.807) is 0 Å². The van der Waals surface area contributed by atoms with Gasteiger partial charge < -0.3 is 10.6 Å². The van der Waals surface area contributed by atoms with Gasteiger partial charge in [0.2, 0.25) is 5.95 Å². The normalized spacial score (nSPS) is 16.2. The molecule has 1 fully saturated rings. The Kier molecular flexibility index (Phi) is 2.61. The second-order valence-electron chi connectivity index (χ2n) is 3.79. The number of halogens is 3. The number of hydrogen-bond acceptors (Lipinski definition) is 4. The minimum absolute atomic E-state index is 0.0917. The Morgan fingerprint density at radius 1 is 1.31 bits per heavy atom. The molecule has 1 aliphatic carbocycles. The zero-order valence-corrected chi connectivity index (χ0v) is 8.41. The van der Waals surface area contributed by atoms with Crippen molar-refractivity contribution in [2.75, 3.05) is 17.2 Å². The molecule has 0 radical (unpaired) electrons. The number of nitrogen functional groups attached to an aromatic ring is 1. The molecule has 0 aliphatic heterocycles. The van der Waals surface area contributed by atoms with E-state index in [1.807, 2.05) is 0 Å². The molecule has 0 aromatic carbocycles. The number of nitrogens with two attached hydrogens (primary N) is 1. The Morgan fingerprint density at radius 2 is 1.88 bits per heavy atom. The number of hydrogen-bond donors (Lipinski definition) is 1. The van der Waals surface area contributed by atoms with Crippen molar-refractivity contribution in [1.29, 1.82) is 0 Å². The average Bonchev–Trinajstić information content (AvgIpc) is 2.97. The first-order chi connectivity index (χ1) is 7.46. The second kappa shape index (κ2) is 3.80. The predicted molar refractivity (Wildman–Crippen MR) is 52.9 cm³/mol. The summed E-state index contributed by atoms with van der Waals surface area (Å²) in [5, 5.41) is 0. The molecule has 16 heavy (non-hydrogen) atoms. The van der Waals surface area contributed by atoms with Crippen LogP contribution in [0.4, 0.5) is 24.8 Å². The Labute approximate surface area is 90.3 Å². The van der Waals surface area contributed by atoms with E-state index in [0.717, 1.165) is 12.8 Å².